The van der Waals surface area contributed by atoms with Crippen molar-refractivity contribution in [3.05, 3.63) is 108 Å². The van der Waals surface area contributed by atoms with E-state index >= 15 is 0 Å². The third kappa shape index (κ3) is 4.86. The first kappa shape index (κ1) is 19.3. The van der Waals surface area contributed by atoms with Crippen LogP contribution in [0.25, 0.3) is 17.3 Å². The van der Waals surface area contributed by atoms with E-state index in [2.05, 4.69) is 10.3 Å². The molecule has 0 atom stereocenters. The first-order valence-electron chi connectivity index (χ1n) is 9.44. The number of carbonyl (C=O) groups is 1. The molecule has 0 fully saturated rings. The van der Waals surface area contributed by atoms with Gasteiger partial charge in [0, 0.05) is 41.5 Å². The summed E-state index contributed by atoms with van der Waals surface area (Å²) in [6.45, 7) is 0.609. The molecular weight excluding hydrogens is 379 g/mol. The standard InChI is InChI=1S/C24H19FN4O/c25-21-9-4-10-22(14-21)27-23(30)12-11-20-17-29(16-18-6-2-1-3-7-18)28-24(20)19-8-5-13-26-15-19/h1-15,17H,16H2,(H,27,30)/b12-11+. The first-order chi connectivity index (χ1) is 14.7. The minimum Gasteiger partial charge on any atom is -0.322 e. The molecule has 0 radical (unpaired) electrons. The third-order valence-electron chi connectivity index (χ3n) is 4.42. The fourth-order valence-electron chi connectivity index (χ4n) is 3.05. The van der Waals surface area contributed by atoms with Gasteiger partial charge in [-0.1, -0.05) is 36.4 Å². The topological polar surface area (TPSA) is 59.8 Å². The second-order valence-corrected chi connectivity index (χ2v) is 6.69. The fraction of sp³-hybridized carbons (Fsp3) is 0.0417. The number of hydrogen-bond donors (Lipinski definition) is 1. The number of rotatable bonds is 6. The summed E-state index contributed by atoms with van der Waals surface area (Å²) in [5, 5.41) is 7.35. The Balaban J connectivity index is 1.59. The lowest BCUT2D eigenvalue weighted by Crippen LogP contribution is -2.07. The minimum absolute atomic E-state index is 0.353. The van der Waals surface area contributed by atoms with Crippen molar-refractivity contribution in [1.29, 1.82) is 0 Å². The zero-order chi connectivity index (χ0) is 20.8. The Morgan fingerprint density at radius 2 is 1.93 bits per heavy atom. The second kappa shape index (κ2) is 8.96. The van der Waals surface area contributed by atoms with E-state index in [1.165, 1.54) is 18.2 Å². The average Bonchev–Trinajstić information content (AvgIpc) is 3.16. The minimum atomic E-state index is -0.405. The average molecular weight is 398 g/mol. The maximum Gasteiger partial charge on any atom is 0.248 e. The van der Waals surface area contributed by atoms with E-state index < -0.39 is 5.82 Å². The predicted octanol–water partition coefficient (Wildman–Crippen LogP) is 4.78. The van der Waals surface area contributed by atoms with Crippen molar-refractivity contribution >= 4 is 17.7 Å². The number of nitrogens with zero attached hydrogens (tertiary/aromatic N) is 3. The lowest BCUT2D eigenvalue weighted by Gasteiger charge is -2.01. The number of amides is 1. The summed E-state index contributed by atoms with van der Waals surface area (Å²) in [6, 6.07) is 19.5. The normalized spacial score (nSPS) is 11.0. The summed E-state index contributed by atoms with van der Waals surface area (Å²) >= 11 is 0. The summed E-state index contributed by atoms with van der Waals surface area (Å²) < 4.78 is 15.1. The Morgan fingerprint density at radius 3 is 2.70 bits per heavy atom. The van der Waals surface area contributed by atoms with E-state index in [1.54, 1.807) is 30.6 Å². The number of anilines is 1. The van der Waals surface area contributed by atoms with Gasteiger partial charge in [-0.15, -0.1) is 0 Å². The molecule has 2 aromatic carbocycles. The summed E-state index contributed by atoms with van der Waals surface area (Å²) in [6.07, 6.45) is 8.44. The lowest BCUT2D eigenvalue weighted by molar-refractivity contribution is -0.111. The largest absolute Gasteiger partial charge is 0.322 e. The van der Waals surface area contributed by atoms with Crippen molar-refractivity contribution in [2.75, 3.05) is 5.32 Å². The van der Waals surface area contributed by atoms with Crippen LogP contribution in [0.1, 0.15) is 11.1 Å². The van der Waals surface area contributed by atoms with Gasteiger partial charge < -0.3 is 5.32 Å². The van der Waals surface area contributed by atoms with E-state index in [0.29, 0.717) is 12.2 Å². The highest BCUT2D eigenvalue weighted by atomic mass is 19.1. The van der Waals surface area contributed by atoms with Gasteiger partial charge in [-0.2, -0.15) is 5.10 Å². The van der Waals surface area contributed by atoms with Crippen LogP contribution in [0.4, 0.5) is 10.1 Å². The summed E-state index contributed by atoms with van der Waals surface area (Å²) in [7, 11) is 0. The predicted molar refractivity (Wildman–Crippen MR) is 115 cm³/mol. The van der Waals surface area contributed by atoms with Gasteiger partial charge >= 0.3 is 0 Å². The van der Waals surface area contributed by atoms with Crippen molar-refractivity contribution < 1.29 is 9.18 Å². The Labute approximate surface area is 173 Å². The zero-order valence-electron chi connectivity index (χ0n) is 16.1. The summed E-state index contributed by atoms with van der Waals surface area (Å²) in [5.74, 6) is -0.758. The number of pyridine rings is 1. The molecule has 0 saturated heterocycles. The molecule has 2 heterocycles. The van der Waals surface area contributed by atoms with E-state index in [-0.39, 0.29) is 5.91 Å². The summed E-state index contributed by atoms with van der Waals surface area (Å²) in [5.41, 5.74) is 3.89. The second-order valence-electron chi connectivity index (χ2n) is 6.69. The van der Waals surface area contributed by atoms with Crippen LogP contribution < -0.4 is 5.32 Å². The van der Waals surface area contributed by atoms with E-state index in [4.69, 9.17) is 5.10 Å². The number of halogens is 1. The SMILES string of the molecule is O=C(/C=C/c1cn(Cc2ccccc2)nc1-c1cccnc1)Nc1cccc(F)c1. The van der Waals surface area contributed by atoms with Crippen molar-refractivity contribution in [3.8, 4) is 11.3 Å². The van der Waals surface area contributed by atoms with Crippen LogP contribution in [0.2, 0.25) is 0 Å². The van der Waals surface area contributed by atoms with Crippen LogP contribution in [-0.4, -0.2) is 20.7 Å². The molecule has 0 aliphatic rings. The molecule has 5 nitrogen and oxygen atoms in total. The summed E-state index contributed by atoms with van der Waals surface area (Å²) in [4.78, 5) is 16.4. The molecule has 0 spiro atoms. The number of carbonyl (C=O) groups excluding carboxylic acids is 1. The molecule has 0 aliphatic heterocycles. The Kier molecular flexibility index (Phi) is 5.75. The van der Waals surface area contributed by atoms with Gasteiger partial charge in [0.15, 0.2) is 0 Å². The van der Waals surface area contributed by atoms with Crippen molar-refractivity contribution in [2.24, 2.45) is 0 Å². The molecule has 0 saturated carbocycles. The molecule has 4 rings (SSSR count). The Morgan fingerprint density at radius 1 is 1.07 bits per heavy atom. The van der Waals surface area contributed by atoms with E-state index in [0.717, 1.165) is 22.4 Å². The number of nitrogens with one attached hydrogen (secondary N) is 1. The molecule has 6 heteroatoms. The number of hydrogen-bond acceptors (Lipinski definition) is 3. The quantitative estimate of drug-likeness (QED) is 0.475. The molecule has 0 unspecified atom stereocenters. The first-order valence-corrected chi connectivity index (χ1v) is 9.44. The zero-order valence-corrected chi connectivity index (χ0v) is 16.1. The highest BCUT2D eigenvalue weighted by molar-refractivity contribution is 6.02. The van der Waals surface area contributed by atoms with Crippen molar-refractivity contribution in [2.45, 2.75) is 6.54 Å². The van der Waals surface area contributed by atoms with Crippen LogP contribution in [-0.2, 0) is 11.3 Å². The van der Waals surface area contributed by atoms with Gasteiger partial charge in [-0.05, 0) is 42.0 Å². The highest BCUT2D eigenvalue weighted by Crippen LogP contribution is 2.23. The highest BCUT2D eigenvalue weighted by Gasteiger charge is 2.10. The van der Waals surface area contributed by atoms with Gasteiger partial charge in [0.05, 0.1) is 6.54 Å². The van der Waals surface area contributed by atoms with Gasteiger partial charge in [0.2, 0.25) is 5.91 Å². The number of aromatic nitrogens is 3. The Bertz CT molecular complexity index is 1170. The van der Waals surface area contributed by atoms with Crippen LogP contribution in [0.5, 0.6) is 0 Å². The molecule has 30 heavy (non-hydrogen) atoms. The van der Waals surface area contributed by atoms with Crippen LogP contribution in [0, 0.1) is 5.82 Å². The van der Waals surface area contributed by atoms with Crippen LogP contribution in [0.3, 0.4) is 0 Å². The van der Waals surface area contributed by atoms with Gasteiger partial charge in [-0.25, -0.2) is 4.39 Å². The fourth-order valence-corrected chi connectivity index (χ4v) is 3.05. The number of benzene rings is 2. The van der Waals surface area contributed by atoms with Crippen molar-refractivity contribution in [1.82, 2.24) is 14.8 Å². The molecule has 1 amide bonds. The van der Waals surface area contributed by atoms with Gasteiger partial charge in [0.25, 0.3) is 0 Å². The monoisotopic (exact) mass is 398 g/mol. The van der Waals surface area contributed by atoms with Crippen LogP contribution >= 0.6 is 0 Å². The van der Waals surface area contributed by atoms with Gasteiger partial charge in [0.1, 0.15) is 11.5 Å². The molecular formula is C24H19FN4O. The van der Waals surface area contributed by atoms with Crippen molar-refractivity contribution in [3.63, 3.8) is 0 Å². The van der Waals surface area contributed by atoms with E-state index in [1.807, 2.05) is 53.3 Å². The third-order valence-corrected chi connectivity index (χ3v) is 4.42. The van der Waals surface area contributed by atoms with Gasteiger partial charge in [-0.3, -0.25) is 14.5 Å². The molecule has 148 valence electrons. The maximum absolute atomic E-state index is 13.3. The molecule has 1 N–H and O–H groups in total. The molecule has 2 aromatic heterocycles. The van der Waals surface area contributed by atoms with E-state index in [9.17, 15) is 9.18 Å². The van der Waals surface area contributed by atoms with Crippen LogP contribution in [0.15, 0.2) is 91.4 Å². The Hall–Kier alpha value is -4.06. The molecule has 0 aliphatic carbocycles. The lowest BCUT2D eigenvalue weighted by atomic mass is 10.1. The molecule has 4 aromatic rings. The maximum atomic E-state index is 13.3. The molecule has 0 bridgehead atoms. The smallest absolute Gasteiger partial charge is 0.248 e.